The molecular weight excluding hydrogens is 314 g/mol. The van der Waals surface area contributed by atoms with E-state index in [4.69, 9.17) is 4.74 Å². The molecule has 1 aromatic heterocycles. The van der Waals surface area contributed by atoms with Gasteiger partial charge in [0.05, 0.1) is 23.4 Å². The Morgan fingerprint density at radius 2 is 1.96 bits per heavy atom. The van der Waals surface area contributed by atoms with Crippen molar-refractivity contribution in [2.24, 2.45) is 0 Å². The van der Waals surface area contributed by atoms with Crippen LogP contribution in [0.15, 0.2) is 41.4 Å². The average Bonchev–Trinajstić information content (AvgIpc) is 2.51. The molecule has 2 N–H and O–H groups in total. The summed E-state index contributed by atoms with van der Waals surface area (Å²) >= 11 is 0. The van der Waals surface area contributed by atoms with Gasteiger partial charge in [-0.1, -0.05) is 12.1 Å². The highest BCUT2D eigenvalue weighted by molar-refractivity contribution is 7.92. The highest BCUT2D eigenvalue weighted by atomic mass is 32.2. The summed E-state index contributed by atoms with van der Waals surface area (Å²) in [5.74, 6) is 0.281. The molecule has 0 saturated carbocycles. The number of rotatable bonds is 7. The molecule has 0 fully saturated rings. The molecule has 124 valence electrons. The number of aryl methyl sites for hydroxylation is 2. The van der Waals surface area contributed by atoms with E-state index in [1.54, 1.807) is 44.5 Å². The summed E-state index contributed by atoms with van der Waals surface area (Å²) in [5.41, 5.74) is 2.39. The summed E-state index contributed by atoms with van der Waals surface area (Å²) in [4.78, 5) is 4.39. The number of hydrogen-bond acceptors (Lipinski definition) is 5. The van der Waals surface area contributed by atoms with E-state index < -0.39 is 10.0 Å². The third-order valence-electron chi connectivity index (χ3n) is 3.27. The van der Waals surface area contributed by atoms with Crippen molar-refractivity contribution in [2.45, 2.75) is 18.7 Å². The molecular formula is C16H21N3O3S. The van der Waals surface area contributed by atoms with E-state index in [0.29, 0.717) is 18.7 Å². The molecule has 23 heavy (non-hydrogen) atoms. The standard InChI is InChI=1S/C16H21N3O3S/c1-12-4-5-13(2)15(10-12)23(20,21)19-16-7-6-14(11-18-16)17-8-9-22-3/h4-7,10-11,17H,8-9H2,1-3H3,(H,18,19). The molecule has 0 spiro atoms. The van der Waals surface area contributed by atoms with Gasteiger partial charge in [-0.25, -0.2) is 13.4 Å². The molecule has 2 aromatic rings. The van der Waals surface area contributed by atoms with Gasteiger partial charge in [0.15, 0.2) is 0 Å². The first-order valence-electron chi connectivity index (χ1n) is 7.21. The van der Waals surface area contributed by atoms with E-state index in [-0.39, 0.29) is 10.7 Å². The summed E-state index contributed by atoms with van der Waals surface area (Å²) in [6.45, 7) is 4.87. The van der Waals surface area contributed by atoms with Gasteiger partial charge in [0.2, 0.25) is 0 Å². The average molecular weight is 335 g/mol. The number of pyridine rings is 1. The summed E-state index contributed by atoms with van der Waals surface area (Å²) in [7, 11) is -2.02. The first-order chi connectivity index (χ1) is 10.9. The van der Waals surface area contributed by atoms with Gasteiger partial charge in [-0.05, 0) is 43.2 Å². The second kappa shape index (κ2) is 7.43. The van der Waals surface area contributed by atoms with Crippen LogP contribution in [-0.4, -0.2) is 33.7 Å². The van der Waals surface area contributed by atoms with E-state index >= 15 is 0 Å². The third-order valence-corrected chi connectivity index (χ3v) is 4.77. The van der Waals surface area contributed by atoms with Gasteiger partial charge in [0.1, 0.15) is 5.82 Å². The maximum absolute atomic E-state index is 12.5. The van der Waals surface area contributed by atoms with Gasteiger partial charge < -0.3 is 10.1 Å². The number of aromatic nitrogens is 1. The second-order valence-electron chi connectivity index (χ2n) is 5.23. The molecule has 0 radical (unpaired) electrons. The van der Waals surface area contributed by atoms with Crippen molar-refractivity contribution in [2.75, 3.05) is 30.3 Å². The quantitative estimate of drug-likeness (QED) is 0.760. The lowest BCUT2D eigenvalue weighted by Gasteiger charge is -2.11. The largest absolute Gasteiger partial charge is 0.383 e. The second-order valence-corrected chi connectivity index (χ2v) is 6.88. The highest BCUT2D eigenvalue weighted by Gasteiger charge is 2.17. The van der Waals surface area contributed by atoms with Gasteiger partial charge in [0, 0.05) is 13.7 Å². The van der Waals surface area contributed by atoms with E-state index in [1.807, 2.05) is 13.0 Å². The van der Waals surface area contributed by atoms with Crippen molar-refractivity contribution in [1.82, 2.24) is 4.98 Å². The predicted octanol–water partition coefficient (Wildman–Crippen LogP) is 2.56. The molecule has 0 bridgehead atoms. The number of ether oxygens (including phenoxy) is 1. The Kier molecular flexibility index (Phi) is 5.57. The van der Waals surface area contributed by atoms with Crippen molar-refractivity contribution in [3.63, 3.8) is 0 Å². The zero-order valence-corrected chi connectivity index (χ0v) is 14.3. The molecule has 1 heterocycles. The molecule has 7 heteroatoms. The fourth-order valence-electron chi connectivity index (χ4n) is 2.05. The van der Waals surface area contributed by atoms with Crippen LogP contribution >= 0.6 is 0 Å². The van der Waals surface area contributed by atoms with E-state index in [9.17, 15) is 8.42 Å². The zero-order chi connectivity index (χ0) is 16.9. The lowest BCUT2D eigenvalue weighted by molar-refractivity contribution is 0.211. The fraction of sp³-hybridized carbons (Fsp3) is 0.312. The van der Waals surface area contributed by atoms with Crippen molar-refractivity contribution in [3.05, 3.63) is 47.7 Å². The Hall–Kier alpha value is -2.12. The summed E-state index contributed by atoms with van der Waals surface area (Å²) in [6, 6.07) is 8.72. The van der Waals surface area contributed by atoms with Crippen LogP contribution in [0.3, 0.4) is 0 Å². The van der Waals surface area contributed by atoms with E-state index in [2.05, 4.69) is 15.0 Å². The predicted molar refractivity (Wildman–Crippen MR) is 91.3 cm³/mol. The molecule has 0 aliphatic heterocycles. The summed E-state index contributed by atoms with van der Waals surface area (Å²) in [6.07, 6.45) is 1.58. The van der Waals surface area contributed by atoms with Gasteiger partial charge in [0.25, 0.3) is 10.0 Å². The van der Waals surface area contributed by atoms with Crippen LogP contribution in [0.2, 0.25) is 0 Å². The topological polar surface area (TPSA) is 80.3 Å². The Morgan fingerprint density at radius 3 is 2.61 bits per heavy atom. The molecule has 0 unspecified atom stereocenters. The maximum atomic E-state index is 12.5. The van der Waals surface area contributed by atoms with Crippen molar-refractivity contribution >= 4 is 21.5 Å². The first kappa shape index (κ1) is 17.2. The monoisotopic (exact) mass is 335 g/mol. The van der Waals surface area contributed by atoms with Gasteiger partial charge in [-0.15, -0.1) is 0 Å². The Labute approximate surface area is 137 Å². The lowest BCUT2D eigenvalue weighted by atomic mass is 10.2. The Morgan fingerprint density at radius 1 is 1.17 bits per heavy atom. The number of benzene rings is 1. The summed E-state index contributed by atoms with van der Waals surface area (Å²) < 4.78 is 32.4. The molecule has 0 amide bonds. The Balaban J connectivity index is 2.13. The van der Waals surface area contributed by atoms with Crippen LogP contribution < -0.4 is 10.0 Å². The number of hydrogen-bond donors (Lipinski definition) is 2. The van der Waals surface area contributed by atoms with E-state index in [0.717, 1.165) is 11.3 Å². The van der Waals surface area contributed by atoms with Crippen LogP contribution in [0.4, 0.5) is 11.5 Å². The van der Waals surface area contributed by atoms with Crippen LogP contribution in [0.25, 0.3) is 0 Å². The minimum Gasteiger partial charge on any atom is -0.383 e. The third kappa shape index (κ3) is 4.67. The highest BCUT2D eigenvalue weighted by Crippen LogP contribution is 2.20. The number of nitrogens with one attached hydrogen (secondary N) is 2. The zero-order valence-electron chi connectivity index (χ0n) is 13.5. The van der Waals surface area contributed by atoms with Crippen molar-refractivity contribution < 1.29 is 13.2 Å². The molecule has 0 saturated heterocycles. The molecule has 1 aromatic carbocycles. The molecule has 0 aliphatic carbocycles. The minimum atomic E-state index is -3.65. The van der Waals surface area contributed by atoms with Crippen molar-refractivity contribution in [1.29, 1.82) is 0 Å². The Bertz CT molecular complexity index is 759. The van der Waals surface area contributed by atoms with Gasteiger partial charge >= 0.3 is 0 Å². The molecule has 2 rings (SSSR count). The van der Waals surface area contributed by atoms with Crippen LogP contribution in [0.1, 0.15) is 11.1 Å². The molecule has 0 atom stereocenters. The normalized spacial score (nSPS) is 11.3. The van der Waals surface area contributed by atoms with E-state index in [1.165, 1.54) is 0 Å². The number of anilines is 2. The number of nitrogens with zero attached hydrogens (tertiary/aromatic N) is 1. The molecule has 6 nitrogen and oxygen atoms in total. The number of methoxy groups -OCH3 is 1. The van der Waals surface area contributed by atoms with Crippen LogP contribution in [0.5, 0.6) is 0 Å². The van der Waals surface area contributed by atoms with Crippen LogP contribution in [-0.2, 0) is 14.8 Å². The molecule has 0 aliphatic rings. The van der Waals surface area contributed by atoms with Gasteiger partial charge in [-0.3, -0.25) is 4.72 Å². The fourth-order valence-corrected chi connectivity index (χ4v) is 3.38. The number of sulfonamides is 1. The maximum Gasteiger partial charge on any atom is 0.263 e. The first-order valence-corrected chi connectivity index (χ1v) is 8.69. The van der Waals surface area contributed by atoms with Gasteiger partial charge in [-0.2, -0.15) is 0 Å². The van der Waals surface area contributed by atoms with Crippen molar-refractivity contribution in [3.8, 4) is 0 Å². The SMILES string of the molecule is COCCNc1ccc(NS(=O)(=O)c2cc(C)ccc2C)nc1. The summed E-state index contributed by atoms with van der Waals surface area (Å²) in [5, 5.41) is 3.12. The van der Waals surface area contributed by atoms with Crippen LogP contribution in [0, 0.1) is 13.8 Å². The lowest BCUT2D eigenvalue weighted by Crippen LogP contribution is -2.15. The smallest absolute Gasteiger partial charge is 0.263 e. The minimum absolute atomic E-state index is 0.265.